The number of rotatable bonds is 5. The molecule has 1 N–H and O–H groups in total. The minimum Gasteiger partial charge on any atom is -0.350 e. The molecule has 112 valence electrons. The van der Waals surface area contributed by atoms with Gasteiger partial charge < -0.3 is 5.32 Å². The van der Waals surface area contributed by atoms with E-state index in [1.165, 1.54) is 16.2 Å². The van der Waals surface area contributed by atoms with E-state index in [0.717, 1.165) is 17.0 Å². The highest BCUT2D eigenvalue weighted by molar-refractivity contribution is 7.11. The lowest BCUT2D eigenvalue weighted by Crippen LogP contribution is -2.33. The monoisotopic (exact) mass is 312 g/mol. The predicted octanol–water partition coefficient (Wildman–Crippen LogP) is 3.35. The minimum atomic E-state index is -0.251. The Bertz CT molecular complexity index is 720. The van der Waals surface area contributed by atoms with Crippen molar-refractivity contribution in [3.63, 3.8) is 0 Å². The van der Waals surface area contributed by atoms with Crippen LogP contribution in [0.3, 0.4) is 0 Å². The van der Waals surface area contributed by atoms with Gasteiger partial charge >= 0.3 is 0 Å². The van der Waals surface area contributed by atoms with Gasteiger partial charge in [-0.15, -0.1) is 11.3 Å². The summed E-state index contributed by atoms with van der Waals surface area (Å²) in [4.78, 5) is 27.4. The van der Waals surface area contributed by atoms with Crippen molar-refractivity contribution in [2.24, 2.45) is 0 Å². The zero-order chi connectivity index (χ0) is 15.5. The van der Waals surface area contributed by atoms with Crippen LogP contribution in [0.1, 0.15) is 18.2 Å². The Labute approximate surface area is 133 Å². The quantitative estimate of drug-likeness (QED) is 0.861. The third-order valence-corrected chi connectivity index (χ3v) is 4.31. The standard InChI is InChI=1S/C17H16N2O2S/c1-2-10-19-16(20)14(13-9-6-11-22-13)15(17(19)21)18-12-7-4-3-5-8-12/h3-9,11,18H,2,10H2,1H3. The van der Waals surface area contributed by atoms with Gasteiger partial charge in [0.05, 0.1) is 5.57 Å². The fourth-order valence-electron chi connectivity index (χ4n) is 2.43. The SMILES string of the molecule is CCCN1C(=O)C(Nc2ccccc2)=C(c2cccs2)C1=O. The zero-order valence-corrected chi connectivity index (χ0v) is 13.0. The second-order valence-electron chi connectivity index (χ2n) is 4.98. The molecule has 2 amide bonds. The third-order valence-electron chi connectivity index (χ3n) is 3.43. The number of benzene rings is 1. The Morgan fingerprint density at radius 3 is 2.45 bits per heavy atom. The van der Waals surface area contributed by atoms with E-state index >= 15 is 0 Å². The molecule has 2 heterocycles. The van der Waals surface area contributed by atoms with E-state index in [-0.39, 0.29) is 11.8 Å². The van der Waals surface area contributed by atoms with Crippen LogP contribution in [-0.2, 0) is 9.59 Å². The molecule has 2 aromatic rings. The van der Waals surface area contributed by atoms with Gasteiger partial charge in [-0.3, -0.25) is 14.5 Å². The molecule has 0 spiro atoms. The second-order valence-corrected chi connectivity index (χ2v) is 5.93. The molecule has 5 heteroatoms. The summed E-state index contributed by atoms with van der Waals surface area (Å²) in [6.45, 7) is 2.39. The van der Waals surface area contributed by atoms with Crippen molar-refractivity contribution in [1.82, 2.24) is 4.90 Å². The smallest absolute Gasteiger partial charge is 0.278 e. The van der Waals surface area contributed by atoms with Crippen molar-refractivity contribution in [3.8, 4) is 0 Å². The molecule has 0 saturated carbocycles. The number of amides is 2. The molecule has 4 nitrogen and oxygen atoms in total. The van der Waals surface area contributed by atoms with Crippen LogP contribution < -0.4 is 5.32 Å². The molecule has 0 saturated heterocycles. The normalized spacial score (nSPS) is 14.9. The molecule has 3 rings (SSSR count). The number of thiophene rings is 1. The maximum absolute atomic E-state index is 12.6. The highest BCUT2D eigenvalue weighted by Gasteiger charge is 2.38. The number of nitrogens with zero attached hydrogens (tertiary/aromatic N) is 1. The molecular weight excluding hydrogens is 296 g/mol. The van der Waals surface area contributed by atoms with E-state index < -0.39 is 0 Å². The van der Waals surface area contributed by atoms with Crippen LogP contribution in [-0.4, -0.2) is 23.3 Å². The van der Waals surface area contributed by atoms with E-state index in [1.807, 2.05) is 54.8 Å². The summed E-state index contributed by atoms with van der Waals surface area (Å²) in [5.41, 5.74) is 1.63. The van der Waals surface area contributed by atoms with Crippen LogP contribution in [0.25, 0.3) is 5.57 Å². The average molecular weight is 312 g/mol. The molecule has 0 atom stereocenters. The number of para-hydroxylation sites is 1. The summed E-state index contributed by atoms with van der Waals surface area (Å²) >= 11 is 1.46. The van der Waals surface area contributed by atoms with E-state index in [0.29, 0.717) is 17.8 Å². The van der Waals surface area contributed by atoms with Crippen molar-refractivity contribution >= 4 is 34.4 Å². The van der Waals surface area contributed by atoms with Gasteiger partial charge in [0.1, 0.15) is 5.70 Å². The highest BCUT2D eigenvalue weighted by atomic mass is 32.1. The highest BCUT2D eigenvalue weighted by Crippen LogP contribution is 2.32. The van der Waals surface area contributed by atoms with Gasteiger partial charge in [-0.1, -0.05) is 31.2 Å². The zero-order valence-electron chi connectivity index (χ0n) is 12.2. The number of nitrogens with one attached hydrogen (secondary N) is 1. The van der Waals surface area contributed by atoms with Crippen LogP contribution in [0.15, 0.2) is 53.5 Å². The summed E-state index contributed by atoms with van der Waals surface area (Å²) in [6, 6.07) is 13.2. The Morgan fingerprint density at radius 1 is 1.05 bits per heavy atom. The topological polar surface area (TPSA) is 49.4 Å². The summed E-state index contributed by atoms with van der Waals surface area (Å²) in [5.74, 6) is -0.466. The Kier molecular flexibility index (Phi) is 4.06. The predicted molar refractivity (Wildman–Crippen MR) is 88.3 cm³/mol. The maximum Gasteiger partial charge on any atom is 0.278 e. The van der Waals surface area contributed by atoms with Crippen molar-refractivity contribution < 1.29 is 9.59 Å². The third kappa shape index (κ3) is 2.55. The lowest BCUT2D eigenvalue weighted by Gasteiger charge is -2.13. The summed E-state index contributed by atoms with van der Waals surface area (Å²) in [7, 11) is 0. The van der Waals surface area contributed by atoms with Gasteiger partial charge in [0.2, 0.25) is 0 Å². The number of anilines is 1. The van der Waals surface area contributed by atoms with E-state index in [9.17, 15) is 9.59 Å². The number of imide groups is 1. The van der Waals surface area contributed by atoms with Gasteiger partial charge in [0.25, 0.3) is 11.8 Å². The Hall–Kier alpha value is -2.40. The number of carbonyl (C=O) groups excluding carboxylic acids is 2. The van der Waals surface area contributed by atoms with E-state index in [4.69, 9.17) is 0 Å². The van der Waals surface area contributed by atoms with Crippen molar-refractivity contribution in [2.75, 3.05) is 11.9 Å². The van der Waals surface area contributed by atoms with Gasteiger partial charge in [-0.2, -0.15) is 0 Å². The first-order chi connectivity index (χ1) is 10.7. The van der Waals surface area contributed by atoms with E-state index in [2.05, 4.69) is 5.32 Å². The second kappa shape index (κ2) is 6.15. The largest absolute Gasteiger partial charge is 0.350 e. The van der Waals surface area contributed by atoms with Crippen molar-refractivity contribution in [1.29, 1.82) is 0 Å². The first-order valence-corrected chi connectivity index (χ1v) is 8.06. The molecule has 1 aromatic carbocycles. The van der Waals surface area contributed by atoms with Crippen LogP contribution in [0.4, 0.5) is 5.69 Å². The molecule has 0 radical (unpaired) electrons. The molecular formula is C17H16N2O2S. The molecule has 1 aliphatic rings. The lowest BCUT2D eigenvalue weighted by molar-refractivity contribution is -0.136. The molecule has 0 fully saturated rings. The van der Waals surface area contributed by atoms with Gasteiger partial charge in [0, 0.05) is 17.1 Å². The fourth-order valence-corrected chi connectivity index (χ4v) is 3.20. The minimum absolute atomic E-state index is 0.215. The molecule has 1 aliphatic heterocycles. The molecule has 1 aromatic heterocycles. The first kappa shape index (κ1) is 14.5. The maximum atomic E-state index is 12.6. The fraction of sp³-hybridized carbons (Fsp3) is 0.176. The van der Waals surface area contributed by atoms with Crippen LogP contribution in [0, 0.1) is 0 Å². The first-order valence-electron chi connectivity index (χ1n) is 7.18. The van der Waals surface area contributed by atoms with E-state index in [1.54, 1.807) is 0 Å². The Balaban J connectivity index is 2.03. The number of hydrogen-bond acceptors (Lipinski definition) is 4. The molecule has 22 heavy (non-hydrogen) atoms. The van der Waals surface area contributed by atoms with Crippen LogP contribution in [0.2, 0.25) is 0 Å². The summed E-state index contributed by atoms with van der Waals surface area (Å²) in [5, 5.41) is 5.03. The van der Waals surface area contributed by atoms with Crippen molar-refractivity contribution in [2.45, 2.75) is 13.3 Å². The number of carbonyl (C=O) groups is 2. The Morgan fingerprint density at radius 2 is 1.82 bits per heavy atom. The summed E-state index contributed by atoms with van der Waals surface area (Å²) in [6.07, 6.45) is 0.744. The lowest BCUT2D eigenvalue weighted by atomic mass is 10.2. The average Bonchev–Trinajstić information content (AvgIpc) is 3.12. The van der Waals surface area contributed by atoms with Crippen molar-refractivity contribution in [3.05, 3.63) is 58.4 Å². The van der Waals surface area contributed by atoms with Gasteiger partial charge in [0.15, 0.2) is 0 Å². The van der Waals surface area contributed by atoms with Gasteiger partial charge in [-0.25, -0.2) is 0 Å². The van der Waals surface area contributed by atoms with Gasteiger partial charge in [-0.05, 0) is 30.0 Å². The molecule has 0 bridgehead atoms. The molecule has 0 unspecified atom stereocenters. The van der Waals surface area contributed by atoms with Crippen LogP contribution >= 0.6 is 11.3 Å². The number of hydrogen-bond donors (Lipinski definition) is 1. The van der Waals surface area contributed by atoms with Crippen LogP contribution in [0.5, 0.6) is 0 Å². The molecule has 0 aliphatic carbocycles. The summed E-state index contributed by atoms with van der Waals surface area (Å²) < 4.78 is 0.